The Labute approximate surface area is 100 Å². The Balaban J connectivity index is 1.95. The van der Waals surface area contributed by atoms with Crippen LogP contribution in [0.1, 0.15) is 16.4 Å². The first-order valence-electron chi connectivity index (χ1n) is 5.42. The number of thioether (sulfide) groups is 1. The van der Waals surface area contributed by atoms with Gasteiger partial charge in [0.1, 0.15) is 0 Å². The van der Waals surface area contributed by atoms with E-state index in [0.29, 0.717) is 5.25 Å². The predicted octanol–water partition coefficient (Wildman–Crippen LogP) is 4.55. The highest BCUT2D eigenvalue weighted by molar-refractivity contribution is 7.99. The van der Waals surface area contributed by atoms with E-state index in [1.807, 2.05) is 11.8 Å². The van der Waals surface area contributed by atoms with Gasteiger partial charge in [-0.3, -0.25) is 0 Å². The second kappa shape index (κ2) is 4.18. The summed E-state index contributed by atoms with van der Waals surface area (Å²) in [5, 5.41) is 0.455. The molecular weight excluding hydrogens is 212 g/mol. The molecule has 0 amide bonds. The van der Waals surface area contributed by atoms with Crippen LogP contribution in [0, 0.1) is 0 Å². The summed E-state index contributed by atoms with van der Waals surface area (Å²) >= 11 is 1.92. The summed E-state index contributed by atoms with van der Waals surface area (Å²) in [6.45, 7) is 0. The molecule has 0 bridgehead atoms. The van der Waals surface area contributed by atoms with E-state index in [-0.39, 0.29) is 0 Å². The largest absolute Gasteiger partial charge is 0.113 e. The van der Waals surface area contributed by atoms with E-state index in [1.54, 1.807) is 0 Å². The Bertz CT molecular complexity index is 514. The highest BCUT2D eigenvalue weighted by atomic mass is 32.2. The van der Waals surface area contributed by atoms with Gasteiger partial charge in [0.05, 0.1) is 5.25 Å². The third-order valence-corrected chi connectivity index (χ3v) is 4.06. The van der Waals surface area contributed by atoms with Crippen molar-refractivity contribution in [2.45, 2.75) is 10.1 Å². The minimum atomic E-state index is 0.455. The first-order chi connectivity index (χ1) is 7.93. The molecule has 0 unspecified atom stereocenters. The number of rotatable bonds is 1. The van der Waals surface area contributed by atoms with E-state index in [0.717, 1.165) is 0 Å². The molecule has 1 aliphatic rings. The minimum Gasteiger partial charge on any atom is -0.113 e. The zero-order valence-electron chi connectivity index (χ0n) is 8.84. The molecule has 0 nitrogen and oxygen atoms in total. The van der Waals surface area contributed by atoms with Crippen molar-refractivity contribution >= 4 is 17.8 Å². The predicted molar refractivity (Wildman–Crippen MR) is 70.5 cm³/mol. The summed E-state index contributed by atoms with van der Waals surface area (Å²) in [4.78, 5) is 1.37. The molecule has 1 heteroatoms. The molecule has 2 aromatic rings. The highest BCUT2D eigenvalue weighted by Crippen LogP contribution is 2.41. The van der Waals surface area contributed by atoms with E-state index in [1.165, 1.54) is 16.0 Å². The Morgan fingerprint density at radius 1 is 0.812 bits per heavy atom. The molecule has 0 aliphatic carbocycles. The maximum absolute atomic E-state index is 2.28. The van der Waals surface area contributed by atoms with Crippen molar-refractivity contribution in [2.24, 2.45) is 0 Å². The van der Waals surface area contributed by atoms with Gasteiger partial charge in [0.2, 0.25) is 0 Å². The molecule has 1 heterocycles. The molecule has 1 aliphatic heterocycles. The van der Waals surface area contributed by atoms with Crippen molar-refractivity contribution in [1.29, 1.82) is 0 Å². The number of hydrogen-bond donors (Lipinski definition) is 0. The van der Waals surface area contributed by atoms with Crippen molar-refractivity contribution in [3.8, 4) is 0 Å². The molecule has 16 heavy (non-hydrogen) atoms. The minimum absolute atomic E-state index is 0.455. The molecule has 0 radical (unpaired) electrons. The van der Waals surface area contributed by atoms with E-state index in [9.17, 15) is 0 Å². The first-order valence-corrected chi connectivity index (χ1v) is 6.30. The fraction of sp³-hybridized carbons (Fsp3) is 0.0667. The Morgan fingerprint density at radius 2 is 1.56 bits per heavy atom. The smallest absolute Gasteiger partial charge is 0.0528 e. The topological polar surface area (TPSA) is 0 Å². The Morgan fingerprint density at radius 3 is 2.44 bits per heavy atom. The van der Waals surface area contributed by atoms with Gasteiger partial charge in [-0.05, 0) is 17.2 Å². The van der Waals surface area contributed by atoms with Crippen molar-refractivity contribution in [1.82, 2.24) is 0 Å². The number of benzene rings is 2. The van der Waals surface area contributed by atoms with Gasteiger partial charge in [0, 0.05) is 4.90 Å². The molecule has 0 saturated heterocycles. The third-order valence-electron chi connectivity index (χ3n) is 2.75. The van der Waals surface area contributed by atoms with Crippen LogP contribution >= 0.6 is 11.8 Å². The van der Waals surface area contributed by atoms with Crippen molar-refractivity contribution < 1.29 is 0 Å². The summed E-state index contributed by atoms with van der Waals surface area (Å²) in [6.07, 6.45) is 4.51. The van der Waals surface area contributed by atoms with Crippen LogP contribution in [-0.2, 0) is 0 Å². The summed E-state index contributed by atoms with van der Waals surface area (Å²) in [7, 11) is 0. The molecule has 0 spiro atoms. The van der Waals surface area contributed by atoms with Gasteiger partial charge in [-0.15, -0.1) is 11.8 Å². The monoisotopic (exact) mass is 224 g/mol. The molecule has 3 rings (SSSR count). The lowest BCUT2D eigenvalue weighted by Crippen LogP contribution is -1.95. The van der Waals surface area contributed by atoms with Gasteiger partial charge < -0.3 is 0 Å². The average molecular weight is 224 g/mol. The number of hydrogen-bond acceptors (Lipinski definition) is 1. The zero-order chi connectivity index (χ0) is 10.8. The van der Waals surface area contributed by atoms with Crippen molar-refractivity contribution in [3.63, 3.8) is 0 Å². The standard InChI is InChI=1S/C15H12S/c1-2-6-12(7-3-1)15-11-10-13-8-4-5-9-14(13)16-15/h1-11,15H/t15-/m1/s1. The Kier molecular flexibility index (Phi) is 2.55. The lowest BCUT2D eigenvalue weighted by Gasteiger charge is -2.18. The quantitative estimate of drug-likeness (QED) is 0.685. The average Bonchev–Trinajstić information content (AvgIpc) is 2.39. The first kappa shape index (κ1) is 9.73. The van der Waals surface area contributed by atoms with Gasteiger partial charge in [-0.1, -0.05) is 60.7 Å². The van der Waals surface area contributed by atoms with Crippen LogP contribution in [0.5, 0.6) is 0 Å². The second-order valence-electron chi connectivity index (χ2n) is 3.85. The normalized spacial score (nSPS) is 18.1. The second-order valence-corrected chi connectivity index (χ2v) is 5.03. The lowest BCUT2D eigenvalue weighted by molar-refractivity contribution is 1.20. The van der Waals surface area contributed by atoms with Gasteiger partial charge in [-0.2, -0.15) is 0 Å². The van der Waals surface area contributed by atoms with Crippen LogP contribution < -0.4 is 0 Å². The van der Waals surface area contributed by atoms with Crippen molar-refractivity contribution in [2.75, 3.05) is 0 Å². The highest BCUT2D eigenvalue weighted by Gasteiger charge is 2.14. The fourth-order valence-corrected chi connectivity index (χ4v) is 3.07. The van der Waals surface area contributed by atoms with E-state index in [2.05, 4.69) is 66.7 Å². The van der Waals surface area contributed by atoms with Crippen LogP contribution in [-0.4, -0.2) is 0 Å². The Hall–Kier alpha value is -1.47. The van der Waals surface area contributed by atoms with E-state index >= 15 is 0 Å². The molecule has 2 aromatic carbocycles. The van der Waals surface area contributed by atoms with E-state index in [4.69, 9.17) is 0 Å². The number of fused-ring (bicyclic) bond motifs is 1. The van der Waals surface area contributed by atoms with Gasteiger partial charge in [0.25, 0.3) is 0 Å². The summed E-state index contributed by atoms with van der Waals surface area (Å²) in [6, 6.07) is 19.2. The third kappa shape index (κ3) is 1.79. The van der Waals surface area contributed by atoms with Crippen LogP contribution in [0.15, 0.2) is 65.6 Å². The fourth-order valence-electron chi connectivity index (χ4n) is 1.91. The molecule has 0 saturated carbocycles. The summed E-state index contributed by atoms with van der Waals surface area (Å²) in [5.41, 5.74) is 2.71. The molecule has 78 valence electrons. The maximum Gasteiger partial charge on any atom is 0.0528 e. The van der Waals surface area contributed by atoms with E-state index < -0.39 is 0 Å². The van der Waals surface area contributed by atoms with Gasteiger partial charge in [-0.25, -0.2) is 0 Å². The van der Waals surface area contributed by atoms with Gasteiger partial charge >= 0.3 is 0 Å². The summed E-state index contributed by atoms with van der Waals surface area (Å²) in [5.74, 6) is 0. The molecule has 0 fully saturated rings. The molecule has 0 N–H and O–H groups in total. The van der Waals surface area contributed by atoms with Crippen LogP contribution in [0.4, 0.5) is 0 Å². The zero-order valence-corrected chi connectivity index (χ0v) is 9.65. The SMILES string of the molecule is C1=C[C@H](c2ccccc2)Sc2ccccc21. The van der Waals surface area contributed by atoms with Crippen LogP contribution in [0.2, 0.25) is 0 Å². The van der Waals surface area contributed by atoms with Gasteiger partial charge in [0.15, 0.2) is 0 Å². The molecular formula is C15H12S. The van der Waals surface area contributed by atoms with Crippen molar-refractivity contribution in [3.05, 3.63) is 71.8 Å². The summed E-state index contributed by atoms with van der Waals surface area (Å²) < 4.78 is 0. The maximum atomic E-state index is 2.28. The molecule has 0 aromatic heterocycles. The molecule has 1 atom stereocenters. The van der Waals surface area contributed by atoms with Crippen LogP contribution in [0.25, 0.3) is 6.08 Å². The van der Waals surface area contributed by atoms with Crippen LogP contribution in [0.3, 0.4) is 0 Å². The lowest BCUT2D eigenvalue weighted by atomic mass is 10.1.